The second-order valence-corrected chi connectivity index (χ2v) is 7.71. The summed E-state index contributed by atoms with van der Waals surface area (Å²) in [5.74, 6) is 3.71. The number of hydrogen-bond donors (Lipinski definition) is 1. The summed E-state index contributed by atoms with van der Waals surface area (Å²) in [4.78, 5) is 12.7. The molecule has 4 saturated carbocycles. The van der Waals surface area contributed by atoms with Gasteiger partial charge >= 0.3 is 0 Å². The number of amides is 1. The van der Waals surface area contributed by atoms with E-state index in [0.717, 1.165) is 11.8 Å². The fourth-order valence-corrected chi connectivity index (χ4v) is 5.42. The third-order valence-corrected chi connectivity index (χ3v) is 6.17. The van der Waals surface area contributed by atoms with Crippen molar-refractivity contribution in [3.8, 4) is 5.75 Å². The highest BCUT2D eigenvalue weighted by Crippen LogP contribution is 2.53. The zero-order chi connectivity index (χ0) is 15.3. The van der Waals surface area contributed by atoms with Crippen LogP contribution in [0.4, 0.5) is 0 Å². The summed E-state index contributed by atoms with van der Waals surface area (Å²) in [6, 6.07) is 5.55. The van der Waals surface area contributed by atoms with E-state index in [1.54, 1.807) is 25.3 Å². The molecule has 4 aliphatic carbocycles. The summed E-state index contributed by atoms with van der Waals surface area (Å²) < 4.78 is 5.31. The van der Waals surface area contributed by atoms with Crippen LogP contribution in [-0.4, -0.2) is 19.1 Å². The summed E-state index contributed by atoms with van der Waals surface area (Å²) in [5, 5.41) is 3.87. The predicted octanol–water partition coefficient (Wildman–Crippen LogP) is 3.90. The molecule has 4 aliphatic rings. The van der Waals surface area contributed by atoms with Crippen molar-refractivity contribution in [2.24, 2.45) is 23.7 Å². The molecule has 22 heavy (non-hydrogen) atoms. The van der Waals surface area contributed by atoms with E-state index in [1.165, 1.54) is 32.1 Å². The van der Waals surface area contributed by atoms with Gasteiger partial charge in [-0.2, -0.15) is 0 Å². The normalized spacial score (nSPS) is 35.5. The average Bonchev–Trinajstić information content (AvgIpc) is 2.50. The van der Waals surface area contributed by atoms with Gasteiger partial charge in [-0.15, -0.1) is 0 Å². The third kappa shape index (κ3) is 2.40. The van der Waals surface area contributed by atoms with Crippen LogP contribution in [0.2, 0.25) is 5.02 Å². The maximum atomic E-state index is 12.7. The lowest BCUT2D eigenvalue weighted by molar-refractivity contribution is -0.0119. The average molecular weight is 320 g/mol. The van der Waals surface area contributed by atoms with Crippen molar-refractivity contribution >= 4 is 17.5 Å². The Balaban J connectivity index is 1.54. The topological polar surface area (TPSA) is 38.3 Å². The molecule has 4 bridgehead atoms. The molecule has 0 radical (unpaired) electrons. The molecule has 0 spiro atoms. The number of nitrogens with one attached hydrogen (secondary N) is 1. The number of rotatable bonds is 3. The fourth-order valence-electron chi connectivity index (χ4n) is 5.25. The minimum absolute atomic E-state index is 0.0446. The number of hydrogen-bond acceptors (Lipinski definition) is 2. The molecule has 1 aromatic rings. The van der Waals surface area contributed by atoms with Gasteiger partial charge in [0, 0.05) is 11.1 Å². The lowest BCUT2D eigenvalue weighted by Crippen LogP contribution is -2.55. The molecule has 0 aliphatic heterocycles. The summed E-state index contributed by atoms with van der Waals surface area (Å²) in [6.07, 6.45) is 6.61. The van der Waals surface area contributed by atoms with Crippen LogP contribution >= 0.6 is 11.6 Å². The molecule has 0 heterocycles. The second kappa shape index (κ2) is 5.45. The quantitative estimate of drug-likeness (QED) is 0.917. The van der Waals surface area contributed by atoms with Crippen molar-refractivity contribution < 1.29 is 9.53 Å². The van der Waals surface area contributed by atoms with Crippen molar-refractivity contribution in [2.75, 3.05) is 7.11 Å². The van der Waals surface area contributed by atoms with Gasteiger partial charge in [0.25, 0.3) is 5.91 Å². The largest absolute Gasteiger partial charge is 0.496 e. The van der Waals surface area contributed by atoms with Crippen LogP contribution in [0.25, 0.3) is 0 Å². The van der Waals surface area contributed by atoms with Crippen LogP contribution < -0.4 is 10.1 Å². The molecule has 0 unspecified atom stereocenters. The van der Waals surface area contributed by atoms with Gasteiger partial charge in [0.1, 0.15) is 5.75 Å². The lowest BCUT2D eigenvalue weighted by atomic mass is 9.54. The number of ether oxygens (including phenoxy) is 1. The molecule has 0 atom stereocenters. The summed E-state index contributed by atoms with van der Waals surface area (Å²) in [6.45, 7) is 0. The summed E-state index contributed by atoms with van der Waals surface area (Å²) >= 11 is 6.05. The van der Waals surface area contributed by atoms with Crippen LogP contribution in [0.5, 0.6) is 5.75 Å². The number of halogens is 1. The second-order valence-electron chi connectivity index (χ2n) is 7.27. The first-order valence-electron chi connectivity index (χ1n) is 8.28. The Bertz CT molecular complexity index is 573. The zero-order valence-corrected chi connectivity index (χ0v) is 13.6. The summed E-state index contributed by atoms with van der Waals surface area (Å²) in [7, 11) is 1.59. The van der Waals surface area contributed by atoms with E-state index in [0.29, 0.717) is 34.2 Å². The van der Waals surface area contributed by atoms with Gasteiger partial charge in [-0.25, -0.2) is 0 Å². The molecule has 4 heteroatoms. The van der Waals surface area contributed by atoms with Crippen LogP contribution in [0.1, 0.15) is 42.5 Å². The van der Waals surface area contributed by atoms with E-state index >= 15 is 0 Å². The molecule has 1 aromatic carbocycles. The Kier molecular flexibility index (Phi) is 3.56. The highest BCUT2D eigenvalue weighted by molar-refractivity contribution is 6.31. The van der Waals surface area contributed by atoms with Crippen molar-refractivity contribution in [1.82, 2.24) is 5.32 Å². The van der Waals surface area contributed by atoms with E-state index in [9.17, 15) is 4.79 Å². The van der Waals surface area contributed by atoms with Crippen molar-refractivity contribution in [3.63, 3.8) is 0 Å². The lowest BCUT2D eigenvalue weighted by Gasteiger charge is -2.54. The molecule has 0 saturated heterocycles. The van der Waals surface area contributed by atoms with Gasteiger partial charge in [0.2, 0.25) is 0 Å². The van der Waals surface area contributed by atoms with E-state index in [2.05, 4.69) is 5.32 Å². The zero-order valence-electron chi connectivity index (χ0n) is 12.8. The molecule has 4 fully saturated rings. The van der Waals surface area contributed by atoms with Gasteiger partial charge in [-0.05, 0) is 74.0 Å². The van der Waals surface area contributed by atoms with Gasteiger partial charge in [0.15, 0.2) is 0 Å². The first-order chi connectivity index (χ1) is 10.6. The third-order valence-electron chi connectivity index (χ3n) is 5.93. The standard InChI is InChI=1S/C18H22ClNO2/c1-22-16-3-2-14(19)9-15(16)18(21)20-17-12-5-10-4-11(7-12)8-13(17)6-10/h2-3,9-13,17H,4-8H2,1H3,(H,20,21). The molecule has 1 N–H and O–H groups in total. The molecule has 3 nitrogen and oxygen atoms in total. The van der Waals surface area contributed by atoms with Gasteiger partial charge in [-0.3, -0.25) is 4.79 Å². The summed E-state index contributed by atoms with van der Waals surface area (Å²) in [5.41, 5.74) is 0.545. The molecular weight excluding hydrogens is 298 g/mol. The number of benzene rings is 1. The van der Waals surface area contributed by atoms with Crippen LogP contribution in [0.15, 0.2) is 18.2 Å². The number of methoxy groups -OCH3 is 1. The Morgan fingerprint density at radius 2 is 1.77 bits per heavy atom. The van der Waals surface area contributed by atoms with E-state index < -0.39 is 0 Å². The van der Waals surface area contributed by atoms with E-state index in [1.807, 2.05) is 0 Å². The number of carbonyl (C=O) groups excluding carboxylic acids is 1. The highest BCUT2D eigenvalue weighted by atomic mass is 35.5. The minimum atomic E-state index is -0.0446. The minimum Gasteiger partial charge on any atom is -0.496 e. The fraction of sp³-hybridized carbons (Fsp3) is 0.611. The Labute approximate surface area is 136 Å². The monoisotopic (exact) mass is 319 g/mol. The van der Waals surface area contributed by atoms with Crippen molar-refractivity contribution in [2.45, 2.75) is 38.1 Å². The SMILES string of the molecule is COc1ccc(Cl)cc1C(=O)NC1C2CC3CC(C2)CC1C3. The van der Waals surface area contributed by atoms with Gasteiger partial charge in [0.05, 0.1) is 12.7 Å². The Morgan fingerprint density at radius 3 is 2.36 bits per heavy atom. The van der Waals surface area contributed by atoms with Crippen molar-refractivity contribution in [3.05, 3.63) is 28.8 Å². The van der Waals surface area contributed by atoms with Gasteiger partial charge in [-0.1, -0.05) is 11.6 Å². The van der Waals surface area contributed by atoms with Crippen molar-refractivity contribution in [1.29, 1.82) is 0 Å². The smallest absolute Gasteiger partial charge is 0.255 e. The molecular formula is C18H22ClNO2. The highest BCUT2D eigenvalue weighted by Gasteiger charge is 2.48. The maximum Gasteiger partial charge on any atom is 0.255 e. The first-order valence-corrected chi connectivity index (χ1v) is 8.66. The first kappa shape index (κ1) is 14.4. The van der Waals surface area contributed by atoms with Crippen LogP contribution in [-0.2, 0) is 0 Å². The Hall–Kier alpha value is -1.22. The molecule has 5 rings (SSSR count). The molecule has 118 valence electrons. The Morgan fingerprint density at radius 1 is 1.14 bits per heavy atom. The maximum absolute atomic E-state index is 12.7. The van der Waals surface area contributed by atoms with Gasteiger partial charge < -0.3 is 10.1 Å². The van der Waals surface area contributed by atoms with E-state index in [4.69, 9.17) is 16.3 Å². The number of carbonyl (C=O) groups is 1. The van der Waals surface area contributed by atoms with Crippen LogP contribution in [0, 0.1) is 23.7 Å². The molecule has 1 amide bonds. The van der Waals surface area contributed by atoms with Crippen LogP contribution in [0.3, 0.4) is 0 Å². The predicted molar refractivity (Wildman–Crippen MR) is 86.3 cm³/mol. The van der Waals surface area contributed by atoms with E-state index in [-0.39, 0.29) is 5.91 Å². The molecule has 0 aromatic heterocycles.